The van der Waals surface area contributed by atoms with Gasteiger partial charge in [-0.3, -0.25) is 0 Å². The van der Waals surface area contributed by atoms with E-state index in [2.05, 4.69) is 37.6 Å². The largest absolute Gasteiger partial charge is 0.330 e. The summed E-state index contributed by atoms with van der Waals surface area (Å²) in [4.78, 5) is 5.18. The summed E-state index contributed by atoms with van der Waals surface area (Å²) in [6.07, 6.45) is 6.73. The highest BCUT2D eigenvalue weighted by molar-refractivity contribution is 4.78. The fourth-order valence-corrected chi connectivity index (χ4v) is 3.10. The molecule has 2 N–H and O–H groups in total. The maximum atomic E-state index is 5.88. The van der Waals surface area contributed by atoms with Gasteiger partial charge in [-0.2, -0.15) is 0 Å². The standard InChI is InChI=1S/C16H35N3/c1-5-10-19(14-16(2,3)13-17)12-9-15-8-6-7-11-18(15)4/h15H,5-14,17H2,1-4H3. The number of likely N-dealkylation sites (tertiary alicyclic amines) is 1. The first-order valence-corrected chi connectivity index (χ1v) is 8.11. The Morgan fingerprint density at radius 1 is 1.26 bits per heavy atom. The van der Waals surface area contributed by atoms with Crippen LogP contribution in [-0.4, -0.2) is 55.6 Å². The maximum Gasteiger partial charge on any atom is 0.0104 e. The van der Waals surface area contributed by atoms with Crippen LogP contribution in [0.2, 0.25) is 0 Å². The van der Waals surface area contributed by atoms with Crippen LogP contribution >= 0.6 is 0 Å². The lowest BCUT2D eigenvalue weighted by Crippen LogP contribution is -2.43. The topological polar surface area (TPSA) is 32.5 Å². The molecule has 1 aliphatic heterocycles. The third-order valence-corrected chi connectivity index (χ3v) is 4.44. The Bertz CT molecular complexity index is 240. The number of hydrogen-bond donors (Lipinski definition) is 1. The summed E-state index contributed by atoms with van der Waals surface area (Å²) in [7, 11) is 2.29. The lowest BCUT2D eigenvalue weighted by atomic mass is 9.92. The molecule has 0 aliphatic carbocycles. The normalized spacial score (nSPS) is 22.1. The van der Waals surface area contributed by atoms with Crippen molar-refractivity contribution >= 4 is 0 Å². The van der Waals surface area contributed by atoms with Gasteiger partial charge >= 0.3 is 0 Å². The smallest absolute Gasteiger partial charge is 0.0104 e. The minimum atomic E-state index is 0.244. The van der Waals surface area contributed by atoms with E-state index in [1.165, 1.54) is 51.7 Å². The van der Waals surface area contributed by atoms with E-state index >= 15 is 0 Å². The second kappa shape index (κ2) is 8.23. The molecule has 0 aromatic heterocycles. The van der Waals surface area contributed by atoms with E-state index in [1.54, 1.807) is 0 Å². The molecular weight excluding hydrogens is 234 g/mol. The molecule has 0 bridgehead atoms. The molecule has 1 atom stereocenters. The minimum Gasteiger partial charge on any atom is -0.330 e. The highest BCUT2D eigenvalue weighted by atomic mass is 15.2. The Kier molecular flexibility index (Phi) is 7.33. The highest BCUT2D eigenvalue weighted by Crippen LogP contribution is 2.20. The SMILES string of the molecule is CCCN(CCC1CCCCN1C)CC(C)(C)CN. The molecule has 1 aliphatic rings. The van der Waals surface area contributed by atoms with Crippen molar-refractivity contribution in [2.75, 3.05) is 39.8 Å². The van der Waals surface area contributed by atoms with Gasteiger partial charge in [-0.05, 0) is 64.3 Å². The van der Waals surface area contributed by atoms with E-state index in [4.69, 9.17) is 5.73 Å². The molecule has 1 rings (SSSR count). The van der Waals surface area contributed by atoms with Crippen LogP contribution in [0, 0.1) is 5.41 Å². The van der Waals surface area contributed by atoms with Crippen LogP contribution in [0.3, 0.4) is 0 Å². The van der Waals surface area contributed by atoms with Gasteiger partial charge in [0.2, 0.25) is 0 Å². The molecule has 0 aromatic rings. The zero-order chi connectivity index (χ0) is 14.3. The third kappa shape index (κ3) is 6.24. The van der Waals surface area contributed by atoms with Crippen molar-refractivity contribution in [2.24, 2.45) is 11.1 Å². The number of hydrogen-bond acceptors (Lipinski definition) is 3. The van der Waals surface area contributed by atoms with E-state index in [1.807, 2.05) is 0 Å². The van der Waals surface area contributed by atoms with E-state index in [9.17, 15) is 0 Å². The van der Waals surface area contributed by atoms with Gasteiger partial charge in [-0.15, -0.1) is 0 Å². The van der Waals surface area contributed by atoms with Crippen molar-refractivity contribution in [2.45, 2.75) is 58.9 Å². The highest BCUT2D eigenvalue weighted by Gasteiger charge is 2.22. The van der Waals surface area contributed by atoms with Crippen molar-refractivity contribution in [3.8, 4) is 0 Å². The number of nitrogens with two attached hydrogens (primary N) is 1. The predicted molar refractivity (Wildman–Crippen MR) is 84.5 cm³/mol. The summed E-state index contributed by atoms with van der Waals surface area (Å²) in [6.45, 7) is 12.5. The monoisotopic (exact) mass is 269 g/mol. The van der Waals surface area contributed by atoms with Gasteiger partial charge in [0.25, 0.3) is 0 Å². The van der Waals surface area contributed by atoms with E-state index in [0.29, 0.717) is 0 Å². The molecule has 3 heteroatoms. The van der Waals surface area contributed by atoms with Gasteiger partial charge in [-0.1, -0.05) is 27.2 Å². The van der Waals surface area contributed by atoms with Crippen LogP contribution in [0.1, 0.15) is 52.9 Å². The summed E-state index contributed by atoms with van der Waals surface area (Å²) in [5.74, 6) is 0. The van der Waals surface area contributed by atoms with E-state index in [0.717, 1.165) is 19.1 Å². The van der Waals surface area contributed by atoms with Gasteiger partial charge in [0.15, 0.2) is 0 Å². The zero-order valence-corrected chi connectivity index (χ0v) is 13.6. The molecule has 114 valence electrons. The average molecular weight is 269 g/mol. The summed E-state index contributed by atoms with van der Waals surface area (Å²) in [5.41, 5.74) is 6.12. The molecular formula is C16H35N3. The Hall–Kier alpha value is -0.120. The fourth-order valence-electron chi connectivity index (χ4n) is 3.10. The third-order valence-electron chi connectivity index (χ3n) is 4.44. The summed E-state index contributed by atoms with van der Waals surface area (Å²) >= 11 is 0. The van der Waals surface area contributed by atoms with Gasteiger partial charge in [0.1, 0.15) is 0 Å². The van der Waals surface area contributed by atoms with Crippen LogP contribution in [0.4, 0.5) is 0 Å². The van der Waals surface area contributed by atoms with Gasteiger partial charge in [0.05, 0.1) is 0 Å². The molecule has 0 radical (unpaired) electrons. The zero-order valence-electron chi connectivity index (χ0n) is 13.6. The maximum absolute atomic E-state index is 5.88. The quantitative estimate of drug-likeness (QED) is 0.735. The first-order valence-electron chi connectivity index (χ1n) is 8.11. The molecule has 0 amide bonds. The Morgan fingerprint density at radius 3 is 2.58 bits per heavy atom. The average Bonchev–Trinajstić information content (AvgIpc) is 2.37. The lowest BCUT2D eigenvalue weighted by molar-refractivity contribution is 0.133. The molecule has 3 nitrogen and oxygen atoms in total. The lowest BCUT2D eigenvalue weighted by Gasteiger charge is -2.36. The van der Waals surface area contributed by atoms with Crippen molar-refractivity contribution in [1.29, 1.82) is 0 Å². The Morgan fingerprint density at radius 2 is 2.00 bits per heavy atom. The Balaban J connectivity index is 2.40. The van der Waals surface area contributed by atoms with Crippen LogP contribution < -0.4 is 5.73 Å². The first kappa shape index (κ1) is 16.9. The summed E-state index contributed by atoms with van der Waals surface area (Å²) in [5, 5.41) is 0. The second-order valence-electron chi connectivity index (χ2n) is 7.06. The van der Waals surface area contributed by atoms with Crippen LogP contribution in [0.25, 0.3) is 0 Å². The number of nitrogens with zero attached hydrogens (tertiary/aromatic N) is 2. The molecule has 0 aromatic carbocycles. The molecule has 1 saturated heterocycles. The number of piperidine rings is 1. The molecule has 1 unspecified atom stereocenters. The van der Waals surface area contributed by atoms with E-state index in [-0.39, 0.29) is 5.41 Å². The Labute approximate surface area is 120 Å². The fraction of sp³-hybridized carbons (Fsp3) is 1.00. The van der Waals surface area contributed by atoms with Gasteiger partial charge < -0.3 is 15.5 Å². The second-order valence-corrected chi connectivity index (χ2v) is 7.06. The van der Waals surface area contributed by atoms with Crippen molar-refractivity contribution in [3.05, 3.63) is 0 Å². The van der Waals surface area contributed by atoms with Crippen molar-refractivity contribution in [1.82, 2.24) is 9.80 Å². The molecule has 0 spiro atoms. The number of rotatable bonds is 8. The van der Waals surface area contributed by atoms with Crippen LogP contribution in [-0.2, 0) is 0 Å². The van der Waals surface area contributed by atoms with E-state index < -0.39 is 0 Å². The van der Waals surface area contributed by atoms with Crippen molar-refractivity contribution in [3.63, 3.8) is 0 Å². The molecule has 1 heterocycles. The summed E-state index contributed by atoms with van der Waals surface area (Å²) < 4.78 is 0. The van der Waals surface area contributed by atoms with Gasteiger partial charge in [-0.25, -0.2) is 0 Å². The van der Waals surface area contributed by atoms with Gasteiger partial charge in [0, 0.05) is 12.6 Å². The predicted octanol–water partition coefficient (Wildman–Crippen LogP) is 2.56. The van der Waals surface area contributed by atoms with Crippen molar-refractivity contribution < 1.29 is 0 Å². The van der Waals surface area contributed by atoms with Crippen LogP contribution in [0.5, 0.6) is 0 Å². The van der Waals surface area contributed by atoms with Crippen LogP contribution in [0.15, 0.2) is 0 Å². The summed E-state index contributed by atoms with van der Waals surface area (Å²) in [6, 6.07) is 0.800. The minimum absolute atomic E-state index is 0.244. The molecule has 0 saturated carbocycles. The molecule has 1 fully saturated rings. The first-order chi connectivity index (χ1) is 8.98. The molecule has 19 heavy (non-hydrogen) atoms.